The number of benzene rings is 1. The number of aryl methyl sites for hydroxylation is 2. The van der Waals surface area contributed by atoms with E-state index in [1.165, 1.54) is 29.7 Å². The van der Waals surface area contributed by atoms with E-state index in [1.54, 1.807) is 0 Å². The van der Waals surface area contributed by atoms with Crippen LogP contribution >= 0.6 is 0 Å². The summed E-state index contributed by atoms with van der Waals surface area (Å²) in [7, 11) is 0. The SMILES string of the molecule is Cc1ccc(C)c(N2CCN(Cc3nnc(C4CC4)o3)CC2)c1. The Morgan fingerprint density at radius 2 is 1.87 bits per heavy atom. The molecule has 0 spiro atoms. The lowest BCUT2D eigenvalue weighted by Gasteiger charge is -2.36. The lowest BCUT2D eigenvalue weighted by atomic mass is 10.1. The molecule has 1 aliphatic carbocycles. The van der Waals surface area contributed by atoms with Gasteiger partial charge in [-0.25, -0.2) is 0 Å². The van der Waals surface area contributed by atoms with Crippen molar-refractivity contribution in [1.29, 1.82) is 0 Å². The van der Waals surface area contributed by atoms with Gasteiger partial charge in [-0.2, -0.15) is 0 Å². The molecule has 0 N–H and O–H groups in total. The van der Waals surface area contributed by atoms with Gasteiger partial charge < -0.3 is 9.32 Å². The van der Waals surface area contributed by atoms with Gasteiger partial charge in [-0.3, -0.25) is 4.90 Å². The molecule has 0 unspecified atom stereocenters. The molecule has 4 rings (SSSR count). The van der Waals surface area contributed by atoms with E-state index in [2.05, 4.69) is 52.0 Å². The molecule has 2 heterocycles. The molecule has 0 atom stereocenters. The Hall–Kier alpha value is -1.88. The second-order valence-electron chi connectivity index (χ2n) is 6.86. The Labute approximate surface area is 137 Å². The molecule has 122 valence electrons. The van der Waals surface area contributed by atoms with Crippen molar-refractivity contribution in [3.05, 3.63) is 41.1 Å². The molecule has 0 bridgehead atoms. The number of aromatic nitrogens is 2. The zero-order chi connectivity index (χ0) is 15.8. The highest BCUT2D eigenvalue weighted by Crippen LogP contribution is 2.39. The van der Waals surface area contributed by atoms with E-state index in [-0.39, 0.29) is 0 Å². The van der Waals surface area contributed by atoms with Crippen molar-refractivity contribution in [2.45, 2.75) is 39.2 Å². The Morgan fingerprint density at radius 3 is 2.61 bits per heavy atom. The minimum atomic E-state index is 0.539. The highest BCUT2D eigenvalue weighted by Gasteiger charge is 2.29. The predicted octanol–water partition coefficient (Wildman–Crippen LogP) is 2.89. The zero-order valence-electron chi connectivity index (χ0n) is 14.0. The van der Waals surface area contributed by atoms with Gasteiger partial charge in [0, 0.05) is 37.8 Å². The van der Waals surface area contributed by atoms with E-state index < -0.39 is 0 Å². The van der Waals surface area contributed by atoms with Crippen molar-refractivity contribution in [2.24, 2.45) is 0 Å². The smallest absolute Gasteiger partial charge is 0.230 e. The Bertz CT molecular complexity index is 684. The molecule has 2 aromatic rings. The average Bonchev–Trinajstić information content (AvgIpc) is 3.31. The molecule has 1 saturated heterocycles. The van der Waals surface area contributed by atoms with Gasteiger partial charge >= 0.3 is 0 Å². The summed E-state index contributed by atoms with van der Waals surface area (Å²) in [5, 5.41) is 8.38. The number of anilines is 1. The molecule has 1 saturated carbocycles. The summed E-state index contributed by atoms with van der Waals surface area (Å²) in [6.07, 6.45) is 2.41. The molecule has 1 aliphatic heterocycles. The van der Waals surface area contributed by atoms with Crippen LogP contribution in [0.15, 0.2) is 22.6 Å². The Balaban J connectivity index is 1.35. The molecular formula is C18H24N4O. The molecule has 2 aliphatic rings. The highest BCUT2D eigenvalue weighted by atomic mass is 16.4. The van der Waals surface area contributed by atoms with Crippen LogP contribution in [0.25, 0.3) is 0 Å². The van der Waals surface area contributed by atoms with Crippen molar-refractivity contribution in [3.63, 3.8) is 0 Å². The fourth-order valence-electron chi connectivity index (χ4n) is 3.22. The van der Waals surface area contributed by atoms with Crippen molar-refractivity contribution in [3.8, 4) is 0 Å². The van der Waals surface area contributed by atoms with E-state index in [0.29, 0.717) is 5.92 Å². The van der Waals surface area contributed by atoms with Crippen LogP contribution in [0.2, 0.25) is 0 Å². The highest BCUT2D eigenvalue weighted by molar-refractivity contribution is 5.55. The summed E-state index contributed by atoms with van der Waals surface area (Å²) < 4.78 is 5.78. The maximum atomic E-state index is 5.78. The monoisotopic (exact) mass is 312 g/mol. The first-order valence-electron chi connectivity index (χ1n) is 8.56. The first-order valence-corrected chi connectivity index (χ1v) is 8.56. The number of rotatable bonds is 4. The van der Waals surface area contributed by atoms with Gasteiger partial charge in [0.15, 0.2) is 0 Å². The van der Waals surface area contributed by atoms with E-state index in [0.717, 1.165) is 44.5 Å². The first kappa shape index (κ1) is 14.7. The predicted molar refractivity (Wildman–Crippen MR) is 89.7 cm³/mol. The summed E-state index contributed by atoms with van der Waals surface area (Å²) in [6, 6.07) is 6.70. The Kier molecular flexibility index (Phi) is 3.81. The van der Waals surface area contributed by atoms with Crippen molar-refractivity contribution >= 4 is 5.69 Å². The number of hydrogen-bond donors (Lipinski definition) is 0. The van der Waals surface area contributed by atoms with Gasteiger partial charge in [0.2, 0.25) is 11.8 Å². The lowest BCUT2D eigenvalue weighted by Crippen LogP contribution is -2.46. The van der Waals surface area contributed by atoms with Gasteiger partial charge in [0.1, 0.15) is 0 Å². The molecule has 0 radical (unpaired) electrons. The minimum Gasteiger partial charge on any atom is -0.424 e. The van der Waals surface area contributed by atoms with Crippen molar-refractivity contribution in [2.75, 3.05) is 31.1 Å². The standard InChI is InChI=1S/C18H24N4O/c1-13-3-4-14(2)16(11-13)22-9-7-21(8-10-22)12-17-19-20-18(23-17)15-5-6-15/h3-4,11,15H,5-10,12H2,1-2H3. The summed E-state index contributed by atoms with van der Waals surface area (Å²) in [4.78, 5) is 4.90. The third-order valence-corrected chi connectivity index (χ3v) is 4.85. The lowest BCUT2D eigenvalue weighted by molar-refractivity contribution is 0.224. The van der Waals surface area contributed by atoms with Gasteiger partial charge in [-0.15, -0.1) is 10.2 Å². The van der Waals surface area contributed by atoms with Crippen LogP contribution in [0.4, 0.5) is 5.69 Å². The number of nitrogens with zero attached hydrogens (tertiary/aromatic N) is 4. The third-order valence-electron chi connectivity index (χ3n) is 4.85. The number of piperazine rings is 1. The number of hydrogen-bond acceptors (Lipinski definition) is 5. The molecule has 1 aromatic heterocycles. The van der Waals surface area contributed by atoms with Crippen LogP contribution in [-0.2, 0) is 6.54 Å². The summed E-state index contributed by atoms with van der Waals surface area (Å²) >= 11 is 0. The average molecular weight is 312 g/mol. The normalized spacial score (nSPS) is 19.3. The Morgan fingerprint density at radius 1 is 1.09 bits per heavy atom. The van der Waals surface area contributed by atoms with E-state index in [1.807, 2.05) is 0 Å². The van der Waals surface area contributed by atoms with E-state index in [4.69, 9.17) is 4.42 Å². The summed E-state index contributed by atoms with van der Waals surface area (Å²) in [5.74, 6) is 2.15. The topological polar surface area (TPSA) is 45.4 Å². The van der Waals surface area contributed by atoms with Gasteiger partial charge in [-0.1, -0.05) is 12.1 Å². The molecule has 5 nitrogen and oxygen atoms in total. The molecule has 2 fully saturated rings. The van der Waals surface area contributed by atoms with E-state index >= 15 is 0 Å². The quantitative estimate of drug-likeness (QED) is 0.868. The summed E-state index contributed by atoms with van der Waals surface area (Å²) in [6.45, 7) is 9.30. The van der Waals surface area contributed by atoms with Gasteiger partial charge in [0.05, 0.1) is 6.54 Å². The maximum absolute atomic E-state index is 5.78. The molecule has 23 heavy (non-hydrogen) atoms. The molecular weight excluding hydrogens is 288 g/mol. The van der Waals surface area contributed by atoms with Crippen LogP contribution in [0.5, 0.6) is 0 Å². The van der Waals surface area contributed by atoms with Gasteiger partial charge in [-0.05, 0) is 43.9 Å². The fraction of sp³-hybridized carbons (Fsp3) is 0.556. The van der Waals surface area contributed by atoms with E-state index in [9.17, 15) is 0 Å². The summed E-state index contributed by atoms with van der Waals surface area (Å²) in [5.41, 5.74) is 4.06. The second-order valence-corrected chi connectivity index (χ2v) is 6.86. The van der Waals surface area contributed by atoms with Crippen molar-refractivity contribution in [1.82, 2.24) is 15.1 Å². The van der Waals surface area contributed by atoms with Gasteiger partial charge in [0.25, 0.3) is 0 Å². The maximum Gasteiger partial charge on any atom is 0.230 e. The largest absolute Gasteiger partial charge is 0.424 e. The minimum absolute atomic E-state index is 0.539. The van der Waals surface area contributed by atoms with Crippen LogP contribution in [0.1, 0.15) is 41.7 Å². The van der Waals surface area contributed by atoms with Crippen molar-refractivity contribution < 1.29 is 4.42 Å². The van der Waals surface area contributed by atoms with Crippen LogP contribution in [-0.4, -0.2) is 41.3 Å². The molecule has 0 amide bonds. The third kappa shape index (κ3) is 3.24. The fourth-order valence-corrected chi connectivity index (χ4v) is 3.22. The molecule has 5 heteroatoms. The van der Waals surface area contributed by atoms with Crippen LogP contribution in [0.3, 0.4) is 0 Å². The van der Waals surface area contributed by atoms with Crippen LogP contribution in [0, 0.1) is 13.8 Å². The zero-order valence-corrected chi connectivity index (χ0v) is 14.0. The van der Waals surface area contributed by atoms with Crippen LogP contribution < -0.4 is 4.90 Å². The molecule has 1 aromatic carbocycles. The second kappa shape index (κ2) is 5.96. The first-order chi connectivity index (χ1) is 11.2.